The minimum Gasteiger partial charge on any atom is -0.308 e. The molecule has 12 heteroatoms. The molecule has 0 atom stereocenters. The first-order chi connectivity index (χ1) is 60.9. The predicted octanol–water partition coefficient (Wildman–Crippen LogP) is 32.9. The summed E-state index contributed by atoms with van der Waals surface area (Å²) in [5, 5.41) is 2.61. The Bertz CT molecular complexity index is 6520. The Kier molecular flexibility index (Phi) is 20.2. The van der Waals surface area contributed by atoms with Crippen LogP contribution in [0.25, 0.3) is 121 Å². The lowest BCUT2D eigenvalue weighted by molar-refractivity contribution is 0.585. The minimum atomic E-state index is -0.915. The van der Waals surface area contributed by atoms with E-state index in [9.17, 15) is 0 Å². The fourth-order valence-corrected chi connectivity index (χ4v) is 17.8. The number of halogens is 8. The zero-order chi connectivity index (χ0) is 84.1. The molecule has 124 heavy (non-hydrogen) atoms. The highest BCUT2D eigenvalue weighted by Crippen LogP contribution is 2.60. The molecule has 20 rings (SSSR count). The van der Waals surface area contributed by atoms with E-state index >= 15 is 35.1 Å². The van der Waals surface area contributed by atoms with Crippen molar-refractivity contribution in [2.24, 2.45) is 0 Å². The molecule has 0 fully saturated rings. The molecular formula is C112H70F8N4. The van der Waals surface area contributed by atoms with Gasteiger partial charge >= 0.3 is 0 Å². The van der Waals surface area contributed by atoms with Crippen molar-refractivity contribution in [2.45, 2.75) is 0 Å². The van der Waals surface area contributed by atoms with Crippen LogP contribution in [0.2, 0.25) is 0 Å². The van der Waals surface area contributed by atoms with E-state index in [0.29, 0.717) is 99.6 Å². The standard InChI is InChI=1S/C112H70F8N4/c113-79-61-91(117)107(75-41-17-5-18-42-75)103(65-79)121(95-53-29-25-49-83(95)71-33-9-1-10-34-71)99-69-100(122(96-54-30-26-50-84(96)72-35-11-2-12-36-72)104-66-80(114)62-92(118)108(104)76-43-19-6-20-44-76)88-59-60-90-102(124(98-56-32-28-52-86(98)74-39-15-4-16-40-74)106-68-82(116)64-94(120)110(106)78-47-23-8-24-48-78)70-101(89-58-57-87(99)111(88)112(89)90)123(97-55-31-27-51-85(97)73-37-13-3-14-38-73)105-67-81(115)63-93(119)109(105)77-45-21-7-22-46-77/h1-70H. The molecule has 20 aromatic carbocycles. The lowest BCUT2D eigenvalue weighted by Gasteiger charge is -2.37. The van der Waals surface area contributed by atoms with E-state index in [2.05, 4.69) is 0 Å². The van der Waals surface area contributed by atoms with E-state index in [0.717, 1.165) is 46.5 Å². The Hall–Kier alpha value is -15.9. The first kappa shape index (κ1) is 76.7. The van der Waals surface area contributed by atoms with Gasteiger partial charge in [0, 0.05) is 101 Å². The van der Waals surface area contributed by atoms with Crippen molar-refractivity contribution in [1.29, 1.82) is 0 Å². The third-order valence-corrected chi connectivity index (χ3v) is 23.0. The second kappa shape index (κ2) is 32.7. The zero-order valence-corrected chi connectivity index (χ0v) is 66.2. The molecule has 0 unspecified atom stereocenters. The van der Waals surface area contributed by atoms with Crippen molar-refractivity contribution in [1.82, 2.24) is 0 Å². The van der Waals surface area contributed by atoms with Crippen molar-refractivity contribution >= 4 is 101 Å². The Morgan fingerprint density at radius 2 is 0.306 bits per heavy atom. The van der Waals surface area contributed by atoms with Crippen LogP contribution in [0, 0.1) is 46.5 Å². The predicted molar refractivity (Wildman–Crippen MR) is 492 cm³/mol. The molecule has 20 aromatic rings. The Morgan fingerprint density at radius 1 is 0.137 bits per heavy atom. The van der Waals surface area contributed by atoms with Crippen LogP contribution in [0.15, 0.2) is 425 Å². The fourth-order valence-electron chi connectivity index (χ4n) is 17.8. The summed E-state index contributed by atoms with van der Waals surface area (Å²) in [5.74, 6) is -7.23. The van der Waals surface area contributed by atoms with E-state index in [1.807, 2.05) is 299 Å². The first-order valence-electron chi connectivity index (χ1n) is 40.6. The fraction of sp³-hybridized carbons (Fsp3) is 0. The molecule has 0 aromatic heterocycles. The van der Waals surface area contributed by atoms with Crippen LogP contribution in [0.1, 0.15) is 0 Å². The van der Waals surface area contributed by atoms with Crippen LogP contribution in [-0.4, -0.2) is 0 Å². The summed E-state index contributed by atoms with van der Waals surface area (Å²) in [6, 6.07) is 125. The maximum absolute atomic E-state index is 18.4. The molecule has 0 N–H and O–H groups in total. The maximum atomic E-state index is 18.4. The number of rotatable bonds is 20. The Labute approximate surface area is 711 Å². The highest BCUT2D eigenvalue weighted by atomic mass is 19.2. The average Bonchev–Trinajstić information content (AvgIpc) is 0.692. The van der Waals surface area contributed by atoms with Gasteiger partial charge in [-0.3, -0.25) is 0 Å². The van der Waals surface area contributed by atoms with Crippen LogP contribution in [0.5, 0.6) is 0 Å². The Morgan fingerprint density at radius 3 is 0.500 bits per heavy atom. The number of nitrogens with zero attached hydrogens (tertiary/aromatic N) is 4. The van der Waals surface area contributed by atoms with Crippen molar-refractivity contribution < 1.29 is 35.1 Å². The smallest absolute Gasteiger partial charge is 0.136 e. The van der Waals surface area contributed by atoms with Crippen LogP contribution in [-0.2, 0) is 0 Å². The quantitative estimate of drug-likeness (QED) is 0.0557. The van der Waals surface area contributed by atoms with Gasteiger partial charge in [-0.05, 0) is 105 Å². The van der Waals surface area contributed by atoms with Gasteiger partial charge in [0.1, 0.15) is 46.5 Å². The number of benzene rings is 20. The second-order valence-electron chi connectivity index (χ2n) is 30.4. The van der Waals surface area contributed by atoms with Crippen LogP contribution in [0.3, 0.4) is 0 Å². The molecular weight excluding hydrogens is 1550 g/mol. The maximum Gasteiger partial charge on any atom is 0.136 e. The van der Waals surface area contributed by atoms with Gasteiger partial charge in [0.15, 0.2) is 0 Å². The third kappa shape index (κ3) is 13.9. The van der Waals surface area contributed by atoms with Crippen molar-refractivity contribution in [2.75, 3.05) is 19.6 Å². The van der Waals surface area contributed by atoms with E-state index < -0.39 is 46.5 Å². The molecule has 0 heterocycles. The van der Waals surface area contributed by atoms with Crippen LogP contribution in [0.4, 0.5) is 103 Å². The number of para-hydroxylation sites is 4. The third-order valence-electron chi connectivity index (χ3n) is 23.0. The van der Waals surface area contributed by atoms with Gasteiger partial charge in [-0.1, -0.05) is 340 Å². The summed E-state index contributed by atoms with van der Waals surface area (Å²) >= 11 is 0. The minimum absolute atomic E-state index is 0.0139. The molecule has 594 valence electrons. The summed E-state index contributed by atoms with van der Waals surface area (Å²) < 4.78 is 144. The highest BCUT2D eigenvalue weighted by molar-refractivity contribution is 6.34. The lowest BCUT2D eigenvalue weighted by atomic mass is 9.87. The van der Waals surface area contributed by atoms with E-state index in [1.165, 1.54) is 24.3 Å². The molecule has 0 saturated heterocycles. The monoisotopic (exact) mass is 1620 g/mol. The average molecular weight is 1620 g/mol. The van der Waals surface area contributed by atoms with Crippen LogP contribution >= 0.6 is 0 Å². The largest absolute Gasteiger partial charge is 0.308 e. The second-order valence-corrected chi connectivity index (χ2v) is 30.4. The summed E-state index contributed by atoms with van der Waals surface area (Å²) in [4.78, 5) is 7.42. The summed E-state index contributed by atoms with van der Waals surface area (Å²) in [5.41, 5.74) is 10.1. The van der Waals surface area contributed by atoms with Gasteiger partial charge in [-0.2, -0.15) is 0 Å². The van der Waals surface area contributed by atoms with Gasteiger partial charge in [-0.15, -0.1) is 0 Å². The van der Waals surface area contributed by atoms with Gasteiger partial charge in [0.2, 0.25) is 0 Å². The van der Waals surface area contributed by atoms with Crippen LogP contribution < -0.4 is 19.6 Å². The first-order valence-corrected chi connectivity index (χ1v) is 40.6. The van der Waals surface area contributed by atoms with Gasteiger partial charge in [0.05, 0.1) is 68.2 Å². The summed E-state index contributed by atoms with van der Waals surface area (Å²) in [7, 11) is 0. The topological polar surface area (TPSA) is 13.0 Å². The molecule has 0 saturated carbocycles. The number of hydrogen-bond acceptors (Lipinski definition) is 4. The molecule has 0 amide bonds. The summed E-state index contributed by atoms with van der Waals surface area (Å²) in [6.45, 7) is 0. The molecule has 0 aliphatic rings. The lowest BCUT2D eigenvalue weighted by Crippen LogP contribution is -2.18. The highest BCUT2D eigenvalue weighted by Gasteiger charge is 2.36. The molecule has 0 spiro atoms. The number of anilines is 12. The van der Waals surface area contributed by atoms with Crippen molar-refractivity contribution in [3.8, 4) is 89.0 Å². The SMILES string of the molecule is Fc1cc(F)c(-c2ccccc2)c(N(c2ccccc2-c2ccccc2)c2cc(N(c3ccccc3-c3ccccc3)c3cc(F)cc(F)c3-c3ccccc3)c3ccc4c(N(c5ccccc5-c5ccccc5)c5cc(F)cc(F)c5-c5ccccc5)cc(N(c5ccccc5-c5ccccc5)c5cc(F)cc(F)c5-c5ccccc5)c5ccc2c3c54)c1. The molecule has 0 radical (unpaired) electrons. The van der Waals surface area contributed by atoms with Crippen molar-refractivity contribution in [3.05, 3.63) is 471 Å². The number of hydrogen-bond donors (Lipinski definition) is 0. The molecule has 0 aliphatic carbocycles. The van der Waals surface area contributed by atoms with Gasteiger partial charge < -0.3 is 19.6 Å². The zero-order valence-electron chi connectivity index (χ0n) is 66.2. The van der Waals surface area contributed by atoms with Crippen molar-refractivity contribution in [3.63, 3.8) is 0 Å². The van der Waals surface area contributed by atoms with E-state index in [1.54, 1.807) is 97.1 Å². The van der Waals surface area contributed by atoms with Gasteiger partial charge in [-0.25, -0.2) is 35.1 Å². The van der Waals surface area contributed by atoms with E-state index in [4.69, 9.17) is 0 Å². The summed E-state index contributed by atoms with van der Waals surface area (Å²) in [6.07, 6.45) is 0. The Balaban J connectivity index is 1.06. The van der Waals surface area contributed by atoms with Gasteiger partial charge in [0.25, 0.3) is 0 Å². The molecule has 0 bridgehead atoms. The molecule has 4 nitrogen and oxygen atoms in total. The van der Waals surface area contributed by atoms with E-state index in [-0.39, 0.29) is 67.8 Å². The normalized spacial score (nSPS) is 11.4. The molecule has 0 aliphatic heterocycles.